The van der Waals surface area contributed by atoms with Gasteiger partial charge in [0.05, 0.1) is 13.2 Å². The molecule has 0 saturated heterocycles. The van der Waals surface area contributed by atoms with Crippen LogP contribution in [0.2, 0.25) is 0 Å². The average Bonchev–Trinajstić information content (AvgIpc) is 1.88. The number of hydrogen-bond donors (Lipinski definition) is 4. The highest BCUT2D eigenvalue weighted by molar-refractivity contribution is 5.85. The molecule has 0 spiro atoms. The van der Waals surface area contributed by atoms with Gasteiger partial charge in [-0.05, 0) is 6.54 Å². The maximum Gasteiger partial charge on any atom is 0.100 e. The van der Waals surface area contributed by atoms with Crippen molar-refractivity contribution in [2.75, 3.05) is 19.8 Å². The van der Waals surface area contributed by atoms with E-state index in [2.05, 4.69) is 0 Å². The van der Waals surface area contributed by atoms with Crippen LogP contribution in [0.3, 0.4) is 0 Å². The van der Waals surface area contributed by atoms with Crippen LogP contribution in [-0.2, 0) is 0 Å². The van der Waals surface area contributed by atoms with Crippen LogP contribution in [0.25, 0.3) is 0 Å². The van der Waals surface area contributed by atoms with Gasteiger partial charge >= 0.3 is 0 Å². The average molecular weight is 174 g/mol. The molecule has 0 heterocycles. The topological polar surface area (TPSA) is 86.7 Å². The molecule has 5 N–H and O–H groups in total. The Morgan fingerprint density at radius 1 is 1.30 bits per heavy atom. The number of rotatable bonds is 2. The standard InChI is InChI=1S/C3H8O3.C2H7N.ClH/c4-1-3(6)2-5;1-2-3;/h3-6H,1-2H2;2-3H2,1H3;1H. The molecule has 0 radical (unpaired) electrons. The van der Waals surface area contributed by atoms with E-state index in [9.17, 15) is 0 Å². The first-order valence-corrected chi connectivity index (χ1v) is 2.82. The fourth-order valence-electron chi connectivity index (χ4n) is 0.0577. The largest absolute Gasteiger partial charge is 0.394 e. The van der Waals surface area contributed by atoms with Gasteiger partial charge in [0, 0.05) is 0 Å². The van der Waals surface area contributed by atoms with Crippen molar-refractivity contribution < 1.29 is 15.3 Å². The number of aliphatic hydroxyl groups is 3. The molecule has 0 aliphatic heterocycles. The molecule has 5 heteroatoms. The van der Waals surface area contributed by atoms with Crippen LogP contribution in [0, 0.1) is 0 Å². The third kappa shape index (κ3) is 24.2. The van der Waals surface area contributed by atoms with Gasteiger partial charge in [0.1, 0.15) is 6.10 Å². The van der Waals surface area contributed by atoms with Crippen molar-refractivity contribution in [3.05, 3.63) is 0 Å². The lowest BCUT2D eigenvalue weighted by atomic mass is 10.4. The third-order valence-electron chi connectivity index (χ3n) is 0.421. The smallest absolute Gasteiger partial charge is 0.100 e. The van der Waals surface area contributed by atoms with Gasteiger partial charge in [-0.25, -0.2) is 0 Å². The second-order valence-electron chi connectivity index (χ2n) is 1.43. The first-order valence-electron chi connectivity index (χ1n) is 2.82. The quantitative estimate of drug-likeness (QED) is 0.419. The first-order chi connectivity index (χ1) is 4.22. The summed E-state index contributed by atoms with van der Waals surface area (Å²) in [6.45, 7) is 1.92. The van der Waals surface area contributed by atoms with Gasteiger partial charge in [0.25, 0.3) is 0 Å². The Kier molecular flexibility index (Phi) is 26.7. The lowest BCUT2D eigenvalue weighted by Crippen LogP contribution is -2.15. The molecular weight excluding hydrogens is 158 g/mol. The van der Waals surface area contributed by atoms with E-state index in [0.29, 0.717) is 0 Å². The Balaban J connectivity index is -0.000000107. The summed E-state index contributed by atoms with van der Waals surface area (Å²) in [7, 11) is 0. The second-order valence-corrected chi connectivity index (χ2v) is 1.43. The molecule has 0 atom stereocenters. The van der Waals surface area contributed by atoms with Crippen molar-refractivity contribution in [1.29, 1.82) is 0 Å². The maximum absolute atomic E-state index is 8.17. The fraction of sp³-hybridized carbons (Fsp3) is 1.00. The van der Waals surface area contributed by atoms with Crippen molar-refractivity contribution in [2.45, 2.75) is 13.0 Å². The highest BCUT2D eigenvalue weighted by atomic mass is 35.5. The molecule has 0 aromatic rings. The zero-order valence-electron chi connectivity index (χ0n) is 6.03. The molecule has 0 bridgehead atoms. The summed E-state index contributed by atoms with van der Waals surface area (Å²) in [5.74, 6) is 0. The molecule has 66 valence electrons. The Morgan fingerprint density at radius 2 is 1.50 bits per heavy atom. The van der Waals surface area contributed by atoms with Crippen molar-refractivity contribution in [2.24, 2.45) is 5.73 Å². The number of nitrogens with two attached hydrogens (primary N) is 1. The third-order valence-corrected chi connectivity index (χ3v) is 0.421. The van der Waals surface area contributed by atoms with E-state index in [1.807, 2.05) is 6.92 Å². The lowest BCUT2D eigenvalue weighted by molar-refractivity contribution is 0.0450. The summed E-state index contributed by atoms with van der Waals surface area (Å²) < 4.78 is 0. The lowest BCUT2D eigenvalue weighted by Gasteiger charge is -1.96. The number of halogens is 1. The van der Waals surface area contributed by atoms with Gasteiger partial charge in [-0.1, -0.05) is 6.92 Å². The zero-order valence-corrected chi connectivity index (χ0v) is 6.84. The molecule has 10 heavy (non-hydrogen) atoms. The van der Waals surface area contributed by atoms with Crippen molar-refractivity contribution in [3.63, 3.8) is 0 Å². The predicted octanol–water partition coefficient (Wildman–Crippen LogP) is -1.28. The Morgan fingerprint density at radius 3 is 1.50 bits per heavy atom. The van der Waals surface area contributed by atoms with E-state index in [4.69, 9.17) is 21.1 Å². The Labute approximate surface area is 67.1 Å². The highest BCUT2D eigenvalue weighted by Gasteiger charge is 1.93. The van der Waals surface area contributed by atoms with Crippen LogP contribution in [0.4, 0.5) is 0 Å². The van der Waals surface area contributed by atoms with E-state index < -0.39 is 6.10 Å². The van der Waals surface area contributed by atoms with Crippen LogP contribution in [0.15, 0.2) is 0 Å². The summed E-state index contributed by atoms with van der Waals surface area (Å²) in [5.41, 5.74) is 4.85. The molecule has 0 aliphatic rings. The highest BCUT2D eigenvalue weighted by Crippen LogP contribution is 1.71. The minimum Gasteiger partial charge on any atom is -0.394 e. The van der Waals surface area contributed by atoms with Gasteiger partial charge in [-0.2, -0.15) is 0 Å². The number of aliphatic hydroxyl groups excluding tert-OH is 3. The Bertz CT molecular complexity index is 43.9. The van der Waals surface area contributed by atoms with E-state index in [-0.39, 0.29) is 25.6 Å². The van der Waals surface area contributed by atoms with E-state index in [1.165, 1.54) is 0 Å². The summed E-state index contributed by atoms with van der Waals surface area (Å²) in [5, 5.41) is 24.0. The normalized spacial score (nSPS) is 7.80. The molecule has 0 aromatic heterocycles. The van der Waals surface area contributed by atoms with Crippen LogP contribution < -0.4 is 5.73 Å². The van der Waals surface area contributed by atoms with Crippen LogP contribution in [0.1, 0.15) is 6.92 Å². The summed E-state index contributed by atoms with van der Waals surface area (Å²) in [6.07, 6.45) is -0.954. The van der Waals surface area contributed by atoms with Gasteiger partial charge in [0.2, 0.25) is 0 Å². The molecule has 0 rings (SSSR count). The summed E-state index contributed by atoms with van der Waals surface area (Å²) in [4.78, 5) is 0. The molecule has 0 unspecified atom stereocenters. The van der Waals surface area contributed by atoms with E-state index in [0.717, 1.165) is 6.54 Å². The minimum absolute atomic E-state index is 0. The molecule has 0 saturated carbocycles. The van der Waals surface area contributed by atoms with E-state index >= 15 is 0 Å². The summed E-state index contributed by atoms with van der Waals surface area (Å²) in [6, 6.07) is 0. The van der Waals surface area contributed by atoms with Crippen molar-refractivity contribution >= 4 is 12.4 Å². The monoisotopic (exact) mass is 173 g/mol. The summed E-state index contributed by atoms with van der Waals surface area (Å²) >= 11 is 0. The Hall–Kier alpha value is 0.130. The fourth-order valence-corrected chi connectivity index (χ4v) is 0.0577. The molecule has 0 fully saturated rings. The van der Waals surface area contributed by atoms with Crippen LogP contribution in [0.5, 0.6) is 0 Å². The van der Waals surface area contributed by atoms with Crippen molar-refractivity contribution in [1.82, 2.24) is 0 Å². The van der Waals surface area contributed by atoms with Gasteiger partial charge in [-0.15, -0.1) is 12.4 Å². The van der Waals surface area contributed by atoms with Crippen molar-refractivity contribution in [3.8, 4) is 0 Å². The SMILES string of the molecule is CCN.Cl.OCC(O)CO. The predicted molar refractivity (Wildman–Crippen MR) is 42.2 cm³/mol. The zero-order chi connectivity index (χ0) is 7.70. The second kappa shape index (κ2) is 16.1. The first kappa shape index (κ1) is 16.6. The van der Waals surface area contributed by atoms with Gasteiger partial charge in [-0.3, -0.25) is 0 Å². The molecule has 4 nitrogen and oxygen atoms in total. The van der Waals surface area contributed by atoms with Gasteiger partial charge < -0.3 is 21.1 Å². The molecular formula is C5H16ClNO3. The van der Waals surface area contributed by atoms with Crippen LogP contribution in [-0.4, -0.2) is 41.2 Å². The molecule has 0 amide bonds. The maximum atomic E-state index is 8.17. The molecule has 0 aliphatic carbocycles. The van der Waals surface area contributed by atoms with Gasteiger partial charge in [0.15, 0.2) is 0 Å². The van der Waals surface area contributed by atoms with E-state index in [1.54, 1.807) is 0 Å². The molecule has 0 aromatic carbocycles. The number of hydrogen-bond acceptors (Lipinski definition) is 4. The minimum atomic E-state index is -0.954. The van der Waals surface area contributed by atoms with Crippen LogP contribution >= 0.6 is 12.4 Å².